The van der Waals surface area contributed by atoms with Gasteiger partial charge in [0, 0.05) is 18.2 Å². The highest BCUT2D eigenvalue weighted by atomic mass is 16.3. The summed E-state index contributed by atoms with van der Waals surface area (Å²) in [6.07, 6.45) is 2.28. The Balaban J connectivity index is 2.29. The molecule has 1 saturated heterocycles. The van der Waals surface area contributed by atoms with Crippen LogP contribution in [0, 0.1) is 0 Å². The van der Waals surface area contributed by atoms with Gasteiger partial charge in [-0.3, -0.25) is 0 Å². The lowest BCUT2D eigenvalue weighted by Crippen LogP contribution is -2.13. The molecule has 3 heteroatoms. The van der Waals surface area contributed by atoms with Crippen LogP contribution < -0.4 is 11.1 Å². The molecule has 0 aromatic heterocycles. The highest BCUT2D eigenvalue weighted by Gasteiger charge is 2.19. The Morgan fingerprint density at radius 2 is 2.36 bits per heavy atom. The summed E-state index contributed by atoms with van der Waals surface area (Å²) in [5.74, 6) is 0.376. The van der Waals surface area contributed by atoms with Crippen LogP contribution in [0.1, 0.15) is 30.0 Å². The Kier molecular flexibility index (Phi) is 2.70. The number of aromatic hydroxyl groups is 1. The fourth-order valence-corrected chi connectivity index (χ4v) is 1.96. The minimum absolute atomic E-state index is 0.307. The summed E-state index contributed by atoms with van der Waals surface area (Å²) in [6, 6.07) is 5.91. The van der Waals surface area contributed by atoms with Crippen molar-refractivity contribution < 1.29 is 5.11 Å². The molecule has 1 aliphatic rings. The van der Waals surface area contributed by atoms with Gasteiger partial charge in [-0.15, -0.1) is 0 Å². The minimum Gasteiger partial charge on any atom is -0.508 e. The van der Waals surface area contributed by atoms with Crippen LogP contribution in [0.15, 0.2) is 18.2 Å². The first-order valence-electron chi connectivity index (χ1n) is 5.06. The zero-order valence-electron chi connectivity index (χ0n) is 8.16. The maximum Gasteiger partial charge on any atom is 0.120 e. The topological polar surface area (TPSA) is 58.3 Å². The van der Waals surface area contributed by atoms with E-state index in [0.29, 0.717) is 18.3 Å². The molecule has 0 spiro atoms. The summed E-state index contributed by atoms with van der Waals surface area (Å²) < 4.78 is 0. The summed E-state index contributed by atoms with van der Waals surface area (Å²) in [6.45, 7) is 1.57. The van der Waals surface area contributed by atoms with Gasteiger partial charge in [-0.25, -0.2) is 0 Å². The molecule has 0 radical (unpaired) electrons. The summed E-state index contributed by atoms with van der Waals surface area (Å²) in [4.78, 5) is 0. The van der Waals surface area contributed by atoms with Crippen LogP contribution in [-0.4, -0.2) is 11.7 Å². The van der Waals surface area contributed by atoms with E-state index >= 15 is 0 Å². The van der Waals surface area contributed by atoms with Crippen LogP contribution >= 0.6 is 0 Å². The van der Waals surface area contributed by atoms with E-state index in [2.05, 4.69) is 5.32 Å². The molecule has 3 nitrogen and oxygen atoms in total. The molecule has 1 atom stereocenters. The van der Waals surface area contributed by atoms with Crippen LogP contribution in [-0.2, 0) is 6.54 Å². The van der Waals surface area contributed by atoms with Crippen LogP contribution in [0.3, 0.4) is 0 Å². The number of nitrogens with one attached hydrogen (secondary N) is 1. The first-order valence-corrected chi connectivity index (χ1v) is 5.06. The molecule has 1 aromatic carbocycles. The van der Waals surface area contributed by atoms with Gasteiger partial charge in [0.05, 0.1) is 0 Å². The van der Waals surface area contributed by atoms with Crippen molar-refractivity contribution in [1.29, 1.82) is 0 Å². The number of hydrogen-bond acceptors (Lipinski definition) is 3. The van der Waals surface area contributed by atoms with Gasteiger partial charge in [0.15, 0.2) is 0 Å². The predicted octanol–water partition coefficient (Wildman–Crippen LogP) is 1.28. The molecule has 0 aliphatic carbocycles. The van der Waals surface area contributed by atoms with Crippen molar-refractivity contribution in [2.75, 3.05) is 6.54 Å². The number of phenolic OH excluding ortho intramolecular Hbond substituents is 1. The van der Waals surface area contributed by atoms with Gasteiger partial charge in [-0.2, -0.15) is 0 Å². The lowest BCUT2D eigenvalue weighted by atomic mass is 10.0. The standard InChI is InChI=1S/C11H16N2O/c12-7-8-3-4-11(14)9(6-8)10-2-1-5-13-10/h3-4,6,10,13-14H,1-2,5,7,12H2/t10-/m1/s1. The zero-order valence-corrected chi connectivity index (χ0v) is 8.16. The third-order valence-electron chi connectivity index (χ3n) is 2.76. The van der Waals surface area contributed by atoms with Crippen LogP contribution in [0.2, 0.25) is 0 Å². The SMILES string of the molecule is NCc1ccc(O)c([C@H]2CCCN2)c1. The summed E-state index contributed by atoms with van der Waals surface area (Å²) >= 11 is 0. The number of phenols is 1. The molecule has 2 rings (SSSR count). The minimum atomic E-state index is 0.307. The van der Waals surface area contributed by atoms with Gasteiger partial charge in [0.2, 0.25) is 0 Å². The maximum absolute atomic E-state index is 9.71. The molecule has 0 bridgehead atoms. The second-order valence-electron chi connectivity index (χ2n) is 3.75. The van der Waals surface area contributed by atoms with Gasteiger partial charge in [-0.05, 0) is 37.1 Å². The normalized spacial score (nSPS) is 21.4. The third-order valence-corrected chi connectivity index (χ3v) is 2.76. The van der Waals surface area contributed by atoms with E-state index < -0.39 is 0 Å². The monoisotopic (exact) mass is 192 g/mol. The van der Waals surface area contributed by atoms with Gasteiger partial charge in [-0.1, -0.05) is 6.07 Å². The van der Waals surface area contributed by atoms with Gasteiger partial charge in [0.25, 0.3) is 0 Å². The number of hydrogen-bond donors (Lipinski definition) is 3. The van der Waals surface area contributed by atoms with Gasteiger partial charge in [0.1, 0.15) is 5.75 Å². The summed E-state index contributed by atoms with van der Waals surface area (Å²) in [7, 11) is 0. The molecule has 14 heavy (non-hydrogen) atoms. The molecule has 1 fully saturated rings. The zero-order chi connectivity index (χ0) is 9.97. The largest absolute Gasteiger partial charge is 0.508 e. The van der Waals surface area contributed by atoms with E-state index in [-0.39, 0.29) is 0 Å². The molecule has 0 unspecified atom stereocenters. The molecule has 1 aliphatic heterocycles. The van der Waals surface area contributed by atoms with Gasteiger partial charge < -0.3 is 16.2 Å². The second-order valence-corrected chi connectivity index (χ2v) is 3.75. The van der Waals surface area contributed by atoms with Crippen LogP contribution in [0.25, 0.3) is 0 Å². The average molecular weight is 192 g/mol. The Morgan fingerprint density at radius 3 is 3.00 bits per heavy atom. The molecule has 1 heterocycles. The molecular formula is C11H16N2O. The highest BCUT2D eigenvalue weighted by Crippen LogP contribution is 2.30. The van der Waals surface area contributed by atoms with Crippen LogP contribution in [0.4, 0.5) is 0 Å². The third kappa shape index (κ3) is 1.74. The first-order chi connectivity index (χ1) is 6.81. The van der Waals surface area contributed by atoms with E-state index in [4.69, 9.17) is 5.73 Å². The van der Waals surface area contributed by atoms with Crippen molar-refractivity contribution in [2.45, 2.75) is 25.4 Å². The van der Waals surface area contributed by atoms with E-state index in [9.17, 15) is 5.11 Å². The maximum atomic E-state index is 9.71. The quantitative estimate of drug-likeness (QED) is 0.661. The molecule has 76 valence electrons. The van der Waals surface area contributed by atoms with Crippen molar-refractivity contribution in [3.8, 4) is 5.75 Å². The average Bonchev–Trinajstić information content (AvgIpc) is 2.71. The number of benzene rings is 1. The Morgan fingerprint density at radius 1 is 1.50 bits per heavy atom. The Hall–Kier alpha value is -1.06. The van der Waals surface area contributed by atoms with Crippen molar-refractivity contribution >= 4 is 0 Å². The molecular weight excluding hydrogens is 176 g/mol. The fourth-order valence-electron chi connectivity index (χ4n) is 1.96. The Labute approximate surface area is 83.9 Å². The first kappa shape index (κ1) is 9.49. The number of rotatable bonds is 2. The van der Waals surface area contributed by atoms with E-state index in [1.807, 2.05) is 12.1 Å². The lowest BCUT2D eigenvalue weighted by Gasteiger charge is -2.13. The van der Waals surface area contributed by atoms with Crippen molar-refractivity contribution in [2.24, 2.45) is 5.73 Å². The van der Waals surface area contributed by atoms with Crippen molar-refractivity contribution in [1.82, 2.24) is 5.32 Å². The molecule has 0 amide bonds. The molecule has 4 N–H and O–H groups in total. The predicted molar refractivity (Wildman–Crippen MR) is 56.0 cm³/mol. The second kappa shape index (κ2) is 3.98. The number of nitrogens with two attached hydrogens (primary N) is 1. The molecule has 0 saturated carbocycles. The fraction of sp³-hybridized carbons (Fsp3) is 0.455. The van der Waals surface area contributed by atoms with Crippen LogP contribution in [0.5, 0.6) is 5.75 Å². The molecule has 1 aromatic rings. The van der Waals surface area contributed by atoms with Gasteiger partial charge >= 0.3 is 0 Å². The van der Waals surface area contributed by atoms with E-state index in [0.717, 1.165) is 24.1 Å². The van der Waals surface area contributed by atoms with E-state index in [1.165, 1.54) is 6.42 Å². The summed E-state index contributed by atoms with van der Waals surface area (Å²) in [5, 5.41) is 13.1. The van der Waals surface area contributed by atoms with Crippen molar-refractivity contribution in [3.05, 3.63) is 29.3 Å². The van der Waals surface area contributed by atoms with E-state index in [1.54, 1.807) is 6.07 Å². The highest BCUT2D eigenvalue weighted by molar-refractivity contribution is 5.38. The summed E-state index contributed by atoms with van der Waals surface area (Å²) in [5.41, 5.74) is 7.63. The smallest absolute Gasteiger partial charge is 0.120 e. The Bertz CT molecular complexity index is 319. The van der Waals surface area contributed by atoms with Crippen molar-refractivity contribution in [3.63, 3.8) is 0 Å². The lowest BCUT2D eigenvalue weighted by molar-refractivity contribution is 0.456.